The van der Waals surface area contributed by atoms with Crippen molar-refractivity contribution in [3.05, 3.63) is 0 Å². The summed E-state index contributed by atoms with van der Waals surface area (Å²) in [4.78, 5) is 13.4. The van der Waals surface area contributed by atoms with Crippen molar-refractivity contribution in [2.24, 2.45) is 0 Å². The second kappa shape index (κ2) is 4.70. The minimum Gasteiger partial charge on any atom is -0.342 e. The Hall–Kier alpha value is -0.240. The predicted octanol–water partition coefficient (Wildman–Crippen LogP) is 2.02. The summed E-state index contributed by atoms with van der Waals surface area (Å²) in [6.07, 6.45) is 4.27. The molecule has 0 aliphatic carbocycles. The van der Waals surface area contributed by atoms with Crippen LogP contribution in [-0.2, 0) is 4.79 Å². The van der Waals surface area contributed by atoms with Gasteiger partial charge in [-0.05, 0) is 19.8 Å². The van der Waals surface area contributed by atoms with Crippen molar-refractivity contribution in [1.29, 1.82) is 0 Å². The van der Waals surface area contributed by atoms with Crippen molar-refractivity contribution >= 4 is 17.5 Å². The first-order valence-electron chi connectivity index (χ1n) is 4.68. The SMILES string of the molecule is CCN1CCCCCC(Cl)C1=O. The van der Waals surface area contributed by atoms with Gasteiger partial charge in [-0.2, -0.15) is 0 Å². The molecule has 0 radical (unpaired) electrons. The molecule has 70 valence electrons. The molecule has 1 saturated heterocycles. The van der Waals surface area contributed by atoms with E-state index in [1.54, 1.807) is 0 Å². The van der Waals surface area contributed by atoms with E-state index < -0.39 is 0 Å². The third-order valence-electron chi connectivity index (χ3n) is 2.35. The van der Waals surface area contributed by atoms with Crippen LogP contribution in [0.3, 0.4) is 0 Å². The second-order valence-electron chi connectivity index (χ2n) is 3.23. The summed E-state index contributed by atoms with van der Waals surface area (Å²) in [5, 5.41) is -0.273. The van der Waals surface area contributed by atoms with Gasteiger partial charge in [-0.15, -0.1) is 11.6 Å². The monoisotopic (exact) mass is 189 g/mol. The Balaban J connectivity index is 2.53. The van der Waals surface area contributed by atoms with Crippen molar-refractivity contribution in [2.75, 3.05) is 13.1 Å². The lowest BCUT2D eigenvalue weighted by Gasteiger charge is -2.25. The van der Waals surface area contributed by atoms with Gasteiger partial charge in [-0.25, -0.2) is 0 Å². The molecule has 12 heavy (non-hydrogen) atoms. The first kappa shape index (κ1) is 9.85. The molecule has 1 fully saturated rings. The summed E-state index contributed by atoms with van der Waals surface area (Å²) >= 11 is 5.93. The first-order chi connectivity index (χ1) is 5.75. The molecular formula is C9H16ClNO. The molecule has 1 rings (SSSR count). The Morgan fingerprint density at radius 1 is 1.50 bits per heavy atom. The summed E-state index contributed by atoms with van der Waals surface area (Å²) in [5.41, 5.74) is 0. The maximum atomic E-state index is 11.5. The third kappa shape index (κ3) is 2.37. The molecule has 1 unspecified atom stereocenters. The number of likely N-dealkylation sites (tertiary alicyclic amines) is 1. The molecule has 0 aromatic rings. The lowest BCUT2D eigenvalue weighted by Crippen LogP contribution is -2.38. The number of alkyl halides is 1. The standard InChI is InChI=1S/C9H16ClNO/c1-2-11-7-5-3-4-6-8(10)9(11)12/h8H,2-7H2,1H3. The van der Waals surface area contributed by atoms with Crippen LogP contribution in [0.4, 0.5) is 0 Å². The van der Waals surface area contributed by atoms with Crippen molar-refractivity contribution < 1.29 is 4.79 Å². The van der Waals surface area contributed by atoms with E-state index in [0.717, 1.165) is 32.4 Å². The highest BCUT2D eigenvalue weighted by Gasteiger charge is 2.22. The van der Waals surface area contributed by atoms with Crippen LogP contribution in [0.1, 0.15) is 32.6 Å². The summed E-state index contributed by atoms with van der Waals surface area (Å²) in [6, 6.07) is 0. The van der Waals surface area contributed by atoms with E-state index in [-0.39, 0.29) is 11.3 Å². The van der Waals surface area contributed by atoms with Crippen molar-refractivity contribution in [1.82, 2.24) is 4.90 Å². The Kier molecular flexibility index (Phi) is 3.86. The molecule has 0 N–H and O–H groups in total. The van der Waals surface area contributed by atoms with E-state index in [1.165, 1.54) is 6.42 Å². The average molecular weight is 190 g/mol. The molecule has 1 aliphatic rings. The normalized spacial score (nSPS) is 26.7. The van der Waals surface area contributed by atoms with Crippen LogP contribution in [0.25, 0.3) is 0 Å². The van der Waals surface area contributed by atoms with E-state index >= 15 is 0 Å². The number of amides is 1. The second-order valence-corrected chi connectivity index (χ2v) is 3.76. The maximum Gasteiger partial charge on any atom is 0.240 e. The van der Waals surface area contributed by atoms with Crippen molar-refractivity contribution in [2.45, 2.75) is 38.0 Å². The largest absolute Gasteiger partial charge is 0.342 e. The van der Waals surface area contributed by atoms with E-state index in [2.05, 4.69) is 0 Å². The fraction of sp³-hybridized carbons (Fsp3) is 0.889. The van der Waals surface area contributed by atoms with E-state index in [1.807, 2.05) is 11.8 Å². The number of hydrogen-bond acceptors (Lipinski definition) is 1. The topological polar surface area (TPSA) is 20.3 Å². The van der Waals surface area contributed by atoms with Crippen LogP contribution in [0, 0.1) is 0 Å². The van der Waals surface area contributed by atoms with Gasteiger partial charge in [0.15, 0.2) is 0 Å². The van der Waals surface area contributed by atoms with Gasteiger partial charge in [-0.1, -0.05) is 12.8 Å². The zero-order valence-electron chi connectivity index (χ0n) is 7.55. The highest BCUT2D eigenvalue weighted by molar-refractivity contribution is 6.30. The van der Waals surface area contributed by atoms with Crippen molar-refractivity contribution in [3.63, 3.8) is 0 Å². The molecule has 1 heterocycles. The minimum absolute atomic E-state index is 0.124. The van der Waals surface area contributed by atoms with Crippen LogP contribution in [-0.4, -0.2) is 29.3 Å². The quantitative estimate of drug-likeness (QED) is 0.578. The van der Waals surface area contributed by atoms with Gasteiger partial charge < -0.3 is 4.90 Å². The highest BCUT2D eigenvalue weighted by Crippen LogP contribution is 2.16. The minimum atomic E-state index is -0.273. The van der Waals surface area contributed by atoms with Crippen LogP contribution in [0.2, 0.25) is 0 Å². The van der Waals surface area contributed by atoms with Gasteiger partial charge >= 0.3 is 0 Å². The fourth-order valence-electron chi connectivity index (χ4n) is 1.55. The zero-order valence-corrected chi connectivity index (χ0v) is 8.31. The number of halogens is 1. The molecular weight excluding hydrogens is 174 g/mol. The smallest absolute Gasteiger partial charge is 0.240 e. The Morgan fingerprint density at radius 2 is 2.25 bits per heavy atom. The molecule has 0 aromatic carbocycles. The molecule has 0 spiro atoms. The van der Waals surface area contributed by atoms with Crippen LogP contribution < -0.4 is 0 Å². The summed E-state index contributed by atoms with van der Waals surface area (Å²) in [7, 11) is 0. The summed E-state index contributed by atoms with van der Waals surface area (Å²) in [6.45, 7) is 3.68. The predicted molar refractivity (Wildman–Crippen MR) is 50.4 cm³/mol. The number of nitrogens with zero attached hydrogens (tertiary/aromatic N) is 1. The third-order valence-corrected chi connectivity index (χ3v) is 2.75. The van der Waals surface area contributed by atoms with Crippen molar-refractivity contribution in [3.8, 4) is 0 Å². The number of hydrogen-bond donors (Lipinski definition) is 0. The number of rotatable bonds is 1. The van der Waals surface area contributed by atoms with E-state index in [9.17, 15) is 4.79 Å². The van der Waals surface area contributed by atoms with E-state index in [4.69, 9.17) is 11.6 Å². The van der Waals surface area contributed by atoms with Crippen LogP contribution in [0.5, 0.6) is 0 Å². The first-order valence-corrected chi connectivity index (χ1v) is 5.12. The van der Waals surface area contributed by atoms with Gasteiger partial charge in [0.1, 0.15) is 5.38 Å². The number of carbonyl (C=O) groups is 1. The average Bonchev–Trinajstić information content (AvgIpc) is 2.07. The van der Waals surface area contributed by atoms with Crippen LogP contribution in [0.15, 0.2) is 0 Å². The van der Waals surface area contributed by atoms with Gasteiger partial charge in [0.05, 0.1) is 0 Å². The molecule has 0 saturated carbocycles. The molecule has 1 amide bonds. The molecule has 1 aliphatic heterocycles. The zero-order chi connectivity index (χ0) is 8.97. The number of carbonyl (C=O) groups excluding carboxylic acids is 1. The van der Waals surface area contributed by atoms with Crippen LogP contribution >= 0.6 is 11.6 Å². The van der Waals surface area contributed by atoms with Gasteiger partial charge in [0.25, 0.3) is 0 Å². The highest BCUT2D eigenvalue weighted by atomic mass is 35.5. The summed E-state index contributed by atoms with van der Waals surface area (Å²) in [5.74, 6) is 0.124. The van der Waals surface area contributed by atoms with E-state index in [0.29, 0.717) is 0 Å². The lowest BCUT2D eigenvalue weighted by atomic mass is 10.1. The van der Waals surface area contributed by atoms with Gasteiger partial charge in [-0.3, -0.25) is 4.79 Å². The molecule has 2 nitrogen and oxygen atoms in total. The fourth-order valence-corrected chi connectivity index (χ4v) is 1.84. The molecule has 0 aromatic heterocycles. The molecule has 3 heteroatoms. The molecule has 1 atom stereocenters. The maximum absolute atomic E-state index is 11.5. The van der Waals surface area contributed by atoms with Gasteiger partial charge in [0, 0.05) is 13.1 Å². The van der Waals surface area contributed by atoms with Gasteiger partial charge in [0.2, 0.25) is 5.91 Å². The molecule has 0 bridgehead atoms. The Morgan fingerprint density at radius 3 is 2.92 bits per heavy atom. The summed E-state index contributed by atoms with van der Waals surface area (Å²) < 4.78 is 0. The Labute approximate surface area is 78.9 Å². The lowest BCUT2D eigenvalue weighted by molar-refractivity contribution is -0.131. The Bertz CT molecular complexity index is 161.